The molecule has 11 heteroatoms. The molecule has 0 aliphatic carbocycles. The first kappa shape index (κ1) is 27.1. The van der Waals surface area contributed by atoms with Crippen molar-refractivity contribution in [1.82, 2.24) is 24.5 Å². The average molecular weight is 544 g/mol. The van der Waals surface area contributed by atoms with Crippen molar-refractivity contribution in [2.45, 2.75) is 45.4 Å². The highest BCUT2D eigenvalue weighted by Crippen LogP contribution is 2.34. The summed E-state index contributed by atoms with van der Waals surface area (Å²) >= 11 is 0. The first-order valence-corrected chi connectivity index (χ1v) is 13.0. The number of aliphatic hydroxyl groups is 2. The van der Waals surface area contributed by atoms with Gasteiger partial charge in [0.2, 0.25) is 5.89 Å². The second-order valence-electron chi connectivity index (χ2n) is 10.5. The minimum Gasteiger partial charge on any atom is -0.417 e. The van der Waals surface area contributed by atoms with Crippen LogP contribution in [0.15, 0.2) is 70.0 Å². The standard InChI is InChI=1S/C29H33N7O4/c1-17(2)36-24-13-19(11-12-20(24)27(38)35(36)5)31-25-14-22(32-23(16-37)18-9-7-6-8-10-18)21(15-30-25)26-33-34-28(40-26)29(3,4)39/h6-15,17,23,37,39H,16H2,1-5H3,(H2,30,31,32)/t23-/m1/s1. The van der Waals surface area contributed by atoms with Crippen molar-refractivity contribution < 1.29 is 14.6 Å². The van der Waals surface area contributed by atoms with E-state index < -0.39 is 11.6 Å². The maximum absolute atomic E-state index is 12.7. The maximum Gasteiger partial charge on any atom is 0.274 e. The first-order valence-electron chi connectivity index (χ1n) is 13.0. The average Bonchev–Trinajstić information content (AvgIpc) is 3.51. The van der Waals surface area contributed by atoms with Crippen molar-refractivity contribution in [2.75, 3.05) is 17.2 Å². The van der Waals surface area contributed by atoms with Crippen LogP contribution in [0.25, 0.3) is 22.4 Å². The van der Waals surface area contributed by atoms with E-state index in [1.165, 1.54) is 0 Å². The van der Waals surface area contributed by atoms with Gasteiger partial charge in [-0.15, -0.1) is 10.2 Å². The summed E-state index contributed by atoms with van der Waals surface area (Å²) in [6.45, 7) is 7.03. The van der Waals surface area contributed by atoms with Crippen LogP contribution in [0.3, 0.4) is 0 Å². The number of hydrogen-bond acceptors (Lipinski definition) is 9. The number of fused-ring (bicyclic) bond motifs is 1. The predicted octanol–water partition coefficient (Wildman–Crippen LogP) is 4.48. The van der Waals surface area contributed by atoms with Crippen LogP contribution in [0.2, 0.25) is 0 Å². The van der Waals surface area contributed by atoms with E-state index in [0.717, 1.165) is 16.8 Å². The highest BCUT2D eigenvalue weighted by atomic mass is 16.4. The Bertz CT molecular complexity index is 1700. The monoisotopic (exact) mass is 543 g/mol. The zero-order valence-corrected chi connectivity index (χ0v) is 23.1. The second kappa shape index (κ2) is 10.6. The lowest BCUT2D eigenvalue weighted by molar-refractivity contribution is 0.0488. The van der Waals surface area contributed by atoms with Crippen LogP contribution in [0.4, 0.5) is 17.2 Å². The molecule has 0 unspecified atom stereocenters. The molecule has 11 nitrogen and oxygen atoms in total. The Morgan fingerprint density at radius 1 is 1.07 bits per heavy atom. The number of aliphatic hydroxyl groups excluding tert-OH is 1. The molecule has 3 heterocycles. The summed E-state index contributed by atoms with van der Waals surface area (Å²) < 4.78 is 9.36. The molecule has 40 heavy (non-hydrogen) atoms. The van der Waals surface area contributed by atoms with Gasteiger partial charge in [-0.3, -0.25) is 14.2 Å². The smallest absolute Gasteiger partial charge is 0.274 e. The number of benzene rings is 2. The summed E-state index contributed by atoms with van der Waals surface area (Å²) in [7, 11) is 1.76. The summed E-state index contributed by atoms with van der Waals surface area (Å²) in [5.74, 6) is 0.770. The van der Waals surface area contributed by atoms with E-state index in [1.807, 2.05) is 61.0 Å². The lowest BCUT2D eigenvalue weighted by Gasteiger charge is -2.20. The van der Waals surface area contributed by atoms with Gasteiger partial charge >= 0.3 is 0 Å². The third kappa shape index (κ3) is 5.21. The number of hydrogen-bond donors (Lipinski definition) is 4. The van der Waals surface area contributed by atoms with E-state index in [0.29, 0.717) is 22.5 Å². The zero-order valence-electron chi connectivity index (χ0n) is 23.1. The molecule has 208 valence electrons. The molecule has 5 rings (SSSR count). The molecule has 0 saturated heterocycles. The van der Waals surface area contributed by atoms with Crippen LogP contribution in [0.1, 0.15) is 51.2 Å². The van der Waals surface area contributed by atoms with E-state index in [2.05, 4.69) is 25.8 Å². The summed E-state index contributed by atoms with van der Waals surface area (Å²) in [6.07, 6.45) is 1.59. The van der Waals surface area contributed by atoms with Crippen molar-refractivity contribution in [1.29, 1.82) is 0 Å². The molecular weight excluding hydrogens is 510 g/mol. The van der Waals surface area contributed by atoms with E-state index in [9.17, 15) is 15.0 Å². The molecular formula is C29H33N7O4. The lowest BCUT2D eigenvalue weighted by atomic mass is 10.1. The van der Waals surface area contributed by atoms with Crippen molar-refractivity contribution in [3.05, 3.63) is 82.6 Å². The van der Waals surface area contributed by atoms with E-state index in [4.69, 9.17) is 4.42 Å². The quantitative estimate of drug-likeness (QED) is 0.211. The van der Waals surface area contributed by atoms with Crippen LogP contribution in [-0.4, -0.2) is 41.4 Å². The third-order valence-electron chi connectivity index (χ3n) is 6.65. The number of nitrogens with zero attached hydrogens (tertiary/aromatic N) is 5. The van der Waals surface area contributed by atoms with E-state index >= 15 is 0 Å². The molecule has 0 bridgehead atoms. The molecule has 0 amide bonds. The van der Waals surface area contributed by atoms with Crippen LogP contribution in [0, 0.1) is 0 Å². The minimum absolute atomic E-state index is 0.0508. The molecule has 0 saturated carbocycles. The number of aromatic nitrogens is 5. The highest BCUT2D eigenvalue weighted by Gasteiger charge is 2.26. The number of pyridine rings is 1. The van der Waals surface area contributed by atoms with Gasteiger partial charge < -0.3 is 25.3 Å². The highest BCUT2D eigenvalue weighted by molar-refractivity contribution is 5.84. The molecule has 0 radical (unpaired) electrons. The SMILES string of the molecule is CC(C)n1c2cc(Nc3cc(N[C@H](CO)c4ccccc4)c(-c4nnc(C(C)(C)O)o4)cn3)ccc2c(=O)n1C. The first-order chi connectivity index (χ1) is 19.1. The summed E-state index contributed by atoms with van der Waals surface area (Å²) in [4.78, 5) is 17.3. The topological polar surface area (TPSA) is 143 Å². The fraction of sp³-hybridized carbons (Fsp3) is 0.310. The molecule has 0 aliphatic heterocycles. The van der Waals surface area contributed by atoms with Gasteiger partial charge in [0.15, 0.2) is 0 Å². The second-order valence-corrected chi connectivity index (χ2v) is 10.5. The molecule has 4 N–H and O–H groups in total. The van der Waals surface area contributed by atoms with Crippen LogP contribution in [0.5, 0.6) is 0 Å². The van der Waals surface area contributed by atoms with Gasteiger partial charge in [0, 0.05) is 31.0 Å². The van der Waals surface area contributed by atoms with E-state index in [-0.39, 0.29) is 30.0 Å². The molecule has 0 aliphatic rings. The Morgan fingerprint density at radius 3 is 2.48 bits per heavy atom. The summed E-state index contributed by atoms with van der Waals surface area (Å²) in [5, 5.41) is 36.0. The van der Waals surface area contributed by atoms with Gasteiger partial charge in [0.05, 0.1) is 34.8 Å². The largest absolute Gasteiger partial charge is 0.417 e. The van der Waals surface area contributed by atoms with Gasteiger partial charge in [-0.05, 0) is 51.5 Å². The van der Waals surface area contributed by atoms with Crippen molar-refractivity contribution in [3.63, 3.8) is 0 Å². The Hall–Kier alpha value is -4.48. The lowest BCUT2D eigenvalue weighted by Crippen LogP contribution is -2.20. The van der Waals surface area contributed by atoms with Gasteiger partial charge in [-0.2, -0.15) is 0 Å². The van der Waals surface area contributed by atoms with Gasteiger partial charge in [-0.25, -0.2) is 4.98 Å². The number of nitrogens with one attached hydrogen (secondary N) is 2. The normalized spacial score (nSPS) is 12.7. The Labute approximate surface area is 231 Å². The van der Waals surface area contributed by atoms with Crippen LogP contribution in [-0.2, 0) is 12.6 Å². The Kier molecular flexibility index (Phi) is 7.17. The molecule has 0 spiro atoms. The maximum atomic E-state index is 12.7. The zero-order chi connectivity index (χ0) is 28.6. The predicted molar refractivity (Wildman–Crippen MR) is 154 cm³/mol. The van der Waals surface area contributed by atoms with Crippen LogP contribution >= 0.6 is 0 Å². The van der Waals surface area contributed by atoms with Crippen molar-refractivity contribution in [2.24, 2.45) is 7.05 Å². The Morgan fingerprint density at radius 2 is 1.82 bits per heavy atom. The number of anilines is 3. The summed E-state index contributed by atoms with van der Waals surface area (Å²) in [5.41, 5.74) is 2.20. The molecule has 0 fully saturated rings. The van der Waals surface area contributed by atoms with Gasteiger partial charge in [0.1, 0.15) is 11.4 Å². The Balaban J connectivity index is 1.55. The molecule has 1 atom stereocenters. The molecule has 2 aromatic carbocycles. The van der Waals surface area contributed by atoms with E-state index in [1.54, 1.807) is 43.9 Å². The number of rotatable bonds is 9. The van der Waals surface area contributed by atoms with Crippen molar-refractivity contribution >= 4 is 28.1 Å². The van der Waals surface area contributed by atoms with Gasteiger partial charge in [0.25, 0.3) is 11.4 Å². The van der Waals surface area contributed by atoms with Crippen molar-refractivity contribution in [3.8, 4) is 11.5 Å². The van der Waals surface area contributed by atoms with Crippen LogP contribution < -0.4 is 16.2 Å². The summed E-state index contributed by atoms with van der Waals surface area (Å²) in [6, 6.07) is 16.6. The third-order valence-corrected chi connectivity index (χ3v) is 6.65. The van der Waals surface area contributed by atoms with Gasteiger partial charge in [-0.1, -0.05) is 30.3 Å². The fourth-order valence-corrected chi connectivity index (χ4v) is 4.69. The molecule has 5 aromatic rings. The fourth-order valence-electron chi connectivity index (χ4n) is 4.69. The molecule has 3 aromatic heterocycles. The minimum atomic E-state index is -1.31.